The van der Waals surface area contributed by atoms with E-state index in [0.29, 0.717) is 26.1 Å². The molecule has 1 atom stereocenters. The lowest BCUT2D eigenvalue weighted by molar-refractivity contribution is -0.129. The fourth-order valence-corrected chi connectivity index (χ4v) is 1.84. The van der Waals surface area contributed by atoms with Crippen molar-refractivity contribution in [2.75, 3.05) is 26.8 Å². The van der Waals surface area contributed by atoms with Crippen molar-refractivity contribution in [3.05, 3.63) is 0 Å². The van der Waals surface area contributed by atoms with Crippen molar-refractivity contribution in [1.29, 1.82) is 0 Å². The second-order valence-corrected chi connectivity index (χ2v) is 5.47. The zero-order valence-corrected chi connectivity index (χ0v) is 11.1. The van der Waals surface area contributed by atoms with E-state index >= 15 is 0 Å². The summed E-state index contributed by atoms with van der Waals surface area (Å²) in [5.74, 6) is -0.222. The summed E-state index contributed by atoms with van der Waals surface area (Å²) in [4.78, 5) is 25.2. The van der Waals surface area contributed by atoms with Crippen molar-refractivity contribution in [1.82, 2.24) is 10.2 Å². The number of carbonyl (C=O) groups is 2. The third kappa shape index (κ3) is 4.34. The second kappa shape index (κ2) is 5.49. The van der Waals surface area contributed by atoms with Gasteiger partial charge >= 0.3 is 0 Å². The van der Waals surface area contributed by atoms with Crippen molar-refractivity contribution >= 4 is 11.8 Å². The Hall–Kier alpha value is -1.10. The molecule has 0 aliphatic carbocycles. The smallest absolute Gasteiger partial charge is 0.225 e. The van der Waals surface area contributed by atoms with E-state index in [2.05, 4.69) is 5.32 Å². The average molecular weight is 242 g/mol. The molecule has 98 valence electrons. The summed E-state index contributed by atoms with van der Waals surface area (Å²) in [5.41, 5.74) is -0.250. The maximum absolute atomic E-state index is 11.9. The van der Waals surface area contributed by atoms with E-state index < -0.39 is 0 Å². The van der Waals surface area contributed by atoms with Crippen LogP contribution in [0.4, 0.5) is 0 Å². The lowest BCUT2D eigenvalue weighted by Crippen LogP contribution is -2.44. The van der Waals surface area contributed by atoms with Gasteiger partial charge < -0.3 is 15.0 Å². The number of hydrogen-bond donors (Lipinski definition) is 1. The van der Waals surface area contributed by atoms with E-state index in [1.807, 2.05) is 20.8 Å². The zero-order valence-electron chi connectivity index (χ0n) is 11.1. The maximum Gasteiger partial charge on any atom is 0.225 e. The molecule has 1 fully saturated rings. The summed E-state index contributed by atoms with van der Waals surface area (Å²) in [6, 6.07) is 0. The quantitative estimate of drug-likeness (QED) is 0.776. The van der Waals surface area contributed by atoms with Crippen LogP contribution in [0.2, 0.25) is 0 Å². The van der Waals surface area contributed by atoms with Gasteiger partial charge in [-0.3, -0.25) is 9.59 Å². The third-order valence-corrected chi connectivity index (χ3v) is 2.65. The summed E-state index contributed by atoms with van der Waals surface area (Å²) >= 11 is 0. The Bertz CT molecular complexity index is 297. The minimum Gasteiger partial charge on any atom is -0.383 e. The minimum atomic E-state index is -0.250. The lowest BCUT2D eigenvalue weighted by Gasteiger charge is -2.23. The van der Waals surface area contributed by atoms with E-state index in [1.165, 1.54) is 0 Å². The molecule has 1 aliphatic heterocycles. The van der Waals surface area contributed by atoms with Crippen LogP contribution in [0, 0.1) is 5.92 Å². The number of carbonyl (C=O) groups excluding carboxylic acids is 2. The number of nitrogens with zero attached hydrogens (tertiary/aromatic N) is 1. The lowest BCUT2D eigenvalue weighted by atomic mass is 10.0. The van der Waals surface area contributed by atoms with Gasteiger partial charge in [-0.15, -0.1) is 0 Å². The first kappa shape index (κ1) is 14.0. The van der Waals surface area contributed by atoms with Crippen LogP contribution < -0.4 is 5.32 Å². The van der Waals surface area contributed by atoms with Crippen molar-refractivity contribution < 1.29 is 14.3 Å². The van der Waals surface area contributed by atoms with Crippen molar-refractivity contribution in [3.8, 4) is 0 Å². The summed E-state index contributed by atoms with van der Waals surface area (Å²) in [6.45, 7) is 7.39. The number of nitrogens with one attached hydrogen (secondary N) is 1. The average Bonchev–Trinajstić information content (AvgIpc) is 2.54. The summed E-state index contributed by atoms with van der Waals surface area (Å²) in [5, 5.41) is 2.91. The Morgan fingerprint density at radius 1 is 1.53 bits per heavy atom. The number of methoxy groups -OCH3 is 1. The molecule has 2 amide bonds. The number of likely N-dealkylation sites (tertiary alicyclic amines) is 1. The van der Waals surface area contributed by atoms with E-state index in [4.69, 9.17) is 4.74 Å². The molecule has 1 N–H and O–H groups in total. The van der Waals surface area contributed by atoms with Crippen LogP contribution in [0.15, 0.2) is 0 Å². The van der Waals surface area contributed by atoms with Crippen molar-refractivity contribution in [2.45, 2.75) is 32.7 Å². The molecule has 0 aromatic rings. The SMILES string of the molecule is COCCN1CC(C(=O)NC(C)(C)C)CC1=O. The van der Waals surface area contributed by atoms with Gasteiger partial charge in [0.15, 0.2) is 0 Å². The predicted molar refractivity (Wildman–Crippen MR) is 64.5 cm³/mol. The van der Waals surface area contributed by atoms with Gasteiger partial charge in [0.25, 0.3) is 0 Å². The first-order valence-electron chi connectivity index (χ1n) is 5.92. The van der Waals surface area contributed by atoms with Crippen LogP contribution in [-0.4, -0.2) is 49.1 Å². The highest BCUT2D eigenvalue weighted by Crippen LogP contribution is 2.18. The molecule has 0 aromatic carbocycles. The molecule has 0 aromatic heterocycles. The maximum atomic E-state index is 11.9. The van der Waals surface area contributed by atoms with E-state index in [-0.39, 0.29) is 23.3 Å². The van der Waals surface area contributed by atoms with Crippen LogP contribution in [0.3, 0.4) is 0 Å². The number of ether oxygens (including phenoxy) is 1. The molecule has 17 heavy (non-hydrogen) atoms. The highest BCUT2D eigenvalue weighted by molar-refractivity contribution is 5.89. The largest absolute Gasteiger partial charge is 0.383 e. The Morgan fingerprint density at radius 3 is 2.71 bits per heavy atom. The second-order valence-electron chi connectivity index (χ2n) is 5.47. The fourth-order valence-electron chi connectivity index (χ4n) is 1.84. The third-order valence-electron chi connectivity index (χ3n) is 2.65. The fraction of sp³-hybridized carbons (Fsp3) is 0.833. The predicted octanol–water partition coefficient (Wildman–Crippen LogP) is 0.396. The van der Waals surface area contributed by atoms with Gasteiger partial charge in [0.2, 0.25) is 11.8 Å². The van der Waals surface area contributed by atoms with Gasteiger partial charge in [0.1, 0.15) is 0 Å². The highest BCUT2D eigenvalue weighted by Gasteiger charge is 2.34. The first-order valence-corrected chi connectivity index (χ1v) is 5.92. The van der Waals surface area contributed by atoms with Gasteiger partial charge in [0, 0.05) is 32.2 Å². The van der Waals surface area contributed by atoms with E-state index in [0.717, 1.165) is 0 Å². The Labute approximate surface area is 102 Å². The molecule has 5 nitrogen and oxygen atoms in total. The van der Waals surface area contributed by atoms with E-state index in [1.54, 1.807) is 12.0 Å². The van der Waals surface area contributed by atoms with Crippen molar-refractivity contribution in [3.63, 3.8) is 0 Å². The van der Waals surface area contributed by atoms with E-state index in [9.17, 15) is 9.59 Å². The topological polar surface area (TPSA) is 58.6 Å². The number of amides is 2. The van der Waals surface area contributed by atoms with Gasteiger partial charge in [-0.1, -0.05) is 0 Å². The van der Waals surface area contributed by atoms with Crippen LogP contribution in [0.5, 0.6) is 0 Å². The summed E-state index contributed by atoms with van der Waals surface area (Å²) in [7, 11) is 1.60. The highest BCUT2D eigenvalue weighted by atomic mass is 16.5. The Kier molecular flexibility index (Phi) is 4.51. The minimum absolute atomic E-state index is 0.0363. The van der Waals surface area contributed by atoms with Gasteiger partial charge in [-0.25, -0.2) is 0 Å². The van der Waals surface area contributed by atoms with Crippen LogP contribution in [0.25, 0.3) is 0 Å². The first-order chi connectivity index (χ1) is 7.83. The zero-order chi connectivity index (χ0) is 13.1. The van der Waals surface area contributed by atoms with Crippen LogP contribution in [0.1, 0.15) is 27.2 Å². The standard InChI is InChI=1S/C12H22N2O3/c1-12(2,3)13-11(16)9-7-10(15)14(8-9)5-6-17-4/h9H,5-8H2,1-4H3,(H,13,16). The normalized spacial score (nSPS) is 20.8. The van der Waals surface area contributed by atoms with Crippen LogP contribution in [-0.2, 0) is 14.3 Å². The van der Waals surface area contributed by atoms with Crippen molar-refractivity contribution in [2.24, 2.45) is 5.92 Å². The molecule has 1 aliphatic rings. The molecular formula is C12H22N2O3. The molecule has 1 unspecified atom stereocenters. The Balaban J connectivity index is 2.48. The monoisotopic (exact) mass is 242 g/mol. The summed E-state index contributed by atoms with van der Waals surface area (Å²) in [6.07, 6.45) is 0.311. The molecule has 5 heteroatoms. The molecule has 0 spiro atoms. The van der Waals surface area contributed by atoms with Gasteiger partial charge in [-0.05, 0) is 20.8 Å². The molecule has 1 rings (SSSR count). The summed E-state index contributed by atoms with van der Waals surface area (Å²) < 4.78 is 4.93. The molecule has 0 bridgehead atoms. The number of rotatable bonds is 4. The molecule has 0 radical (unpaired) electrons. The molecule has 1 heterocycles. The van der Waals surface area contributed by atoms with Gasteiger partial charge in [0.05, 0.1) is 12.5 Å². The number of hydrogen-bond acceptors (Lipinski definition) is 3. The molecule has 1 saturated heterocycles. The molecule has 0 saturated carbocycles. The Morgan fingerprint density at radius 2 is 2.18 bits per heavy atom. The molecular weight excluding hydrogens is 220 g/mol. The van der Waals surface area contributed by atoms with Crippen LogP contribution >= 0.6 is 0 Å². The van der Waals surface area contributed by atoms with Gasteiger partial charge in [-0.2, -0.15) is 0 Å².